The Morgan fingerprint density at radius 2 is 0.513 bits per heavy atom. The van der Waals surface area contributed by atoms with Crippen molar-refractivity contribution >= 4 is 47.7 Å². The van der Waals surface area contributed by atoms with Gasteiger partial charge in [-0.2, -0.15) is 24.3 Å². The van der Waals surface area contributed by atoms with Gasteiger partial charge in [0.05, 0.1) is 0 Å². The summed E-state index contributed by atoms with van der Waals surface area (Å²) in [5.41, 5.74) is 0. The van der Waals surface area contributed by atoms with Crippen LogP contribution in [-0.2, 0) is 17.1 Å². The molecule has 0 aromatic heterocycles. The first-order valence-electron chi connectivity index (χ1n) is 12.1. The van der Waals surface area contributed by atoms with Crippen molar-refractivity contribution < 1.29 is 41.9 Å². The maximum Gasteiger partial charge on any atom is 2.00 e. The molecular weight excluding hydrogens is 597 g/mol. The van der Waals surface area contributed by atoms with Crippen molar-refractivity contribution in [1.82, 2.24) is 0 Å². The van der Waals surface area contributed by atoms with Gasteiger partial charge in [-0.1, -0.05) is 137 Å². The second kappa shape index (κ2) is 17.3. The van der Waals surface area contributed by atoms with E-state index < -0.39 is 15.8 Å². The van der Waals surface area contributed by atoms with E-state index in [1.807, 2.05) is 0 Å². The second-order valence-electron chi connectivity index (χ2n) is 8.30. The molecule has 0 N–H and O–H groups in total. The van der Waals surface area contributed by atoms with Gasteiger partial charge in [-0.25, -0.2) is 24.3 Å². The van der Waals surface area contributed by atoms with Gasteiger partial charge in [-0.05, 0) is 21.2 Å². The van der Waals surface area contributed by atoms with Crippen LogP contribution in [0.1, 0.15) is 0 Å². The Morgan fingerprint density at radius 3 is 0.718 bits per heavy atom. The maximum absolute atomic E-state index is 2.23. The second-order valence-corrected chi connectivity index (χ2v) is 12.7. The minimum absolute atomic E-state index is 0. The molecule has 0 aliphatic heterocycles. The molecule has 0 atom stereocenters. The molecule has 0 saturated heterocycles. The summed E-state index contributed by atoms with van der Waals surface area (Å²) in [5, 5.41) is 8.47. The van der Waals surface area contributed by atoms with Gasteiger partial charge in [0, 0.05) is 0 Å². The van der Waals surface area contributed by atoms with E-state index in [4.69, 9.17) is 0 Å². The zero-order valence-electron chi connectivity index (χ0n) is 21.2. The molecular formula is C34H28Cl2FeP2-2. The molecule has 0 spiro atoms. The van der Waals surface area contributed by atoms with Crippen LogP contribution in [0.2, 0.25) is 0 Å². The molecule has 6 aromatic rings. The average molecular weight is 625 g/mol. The normalized spacial score (nSPS) is 9.90. The van der Waals surface area contributed by atoms with Crippen LogP contribution in [0.25, 0.3) is 0 Å². The van der Waals surface area contributed by atoms with Gasteiger partial charge in [0.15, 0.2) is 0 Å². The summed E-state index contributed by atoms with van der Waals surface area (Å²) in [7, 11) is -0.818. The summed E-state index contributed by atoms with van der Waals surface area (Å²) in [6, 6.07) is 60.5. The van der Waals surface area contributed by atoms with Gasteiger partial charge < -0.3 is 24.8 Å². The van der Waals surface area contributed by atoms with Gasteiger partial charge in [0.25, 0.3) is 0 Å². The smallest absolute Gasteiger partial charge is 1.00 e. The minimum Gasteiger partial charge on any atom is -1.00 e. The largest absolute Gasteiger partial charge is 2.00 e. The molecule has 6 rings (SSSR count). The van der Waals surface area contributed by atoms with E-state index in [-0.39, 0.29) is 41.9 Å². The SMILES string of the molecule is [Cl-].[Cl-].[Fe+2].c1ccc(P(c2ccccc2)[c-]2cccc2)cc1.c1ccc(P(c2ccccc2)[c-]2cccc2)cc1. The summed E-state index contributed by atoms with van der Waals surface area (Å²) in [6.07, 6.45) is 0. The molecule has 6 aromatic carbocycles. The van der Waals surface area contributed by atoms with Crippen molar-refractivity contribution in [2.75, 3.05) is 0 Å². The molecule has 0 aliphatic rings. The average Bonchev–Trinajstić information content (AvgIpc) is 3.68. The Hall–Kier alpha value is -2.46. The fraction of sp³-hybridized carbons (Fsp3) is 0. The van der Waals surface area contributed by atoms with Gasteiger partial charge in [0.1, 0.15) is 0 Å². The molecule has 0 saturated carbocycles. The van der Waals surface area contributed by atoms with Crippen LogP contribution in [0.5, 0.6) is 0 Å². The zero-order valence-corrected chi connectivity index (χ0v) is 25.6. The molecule has 0 aliphatic carbocycles. The van der Waals surface area contributed by atoms with E-state index in [0.29, 0.717) is 0 Å². The van der Waals surface area contributed by atoms with Gasteiger partial charge in [-0.3, -0.25) is 0 Å². The van der Waals surface area contributed by atoms with Crippen LogP contribution in [0.4, 0.5) is 0 Å². The molecule has 0 nitrogen and oxygen atoms in total. The van der Waals surface area contributed by atoms with Crippen molar-refractivity contribution in [3.05, 3.63) is 170 Å². The van der Waals surface area contributed by atoms with E-state index in [9.17, 15) is 0 Å². The van der Waals surface area contributed by atoms with Crippen molar-refractivity contribution in [2.24, 2.45) is 0 Å². The molecule has 5 heteroatoms. The van der Waals surface area contributed by atoms with Crippen LogP contribution in [0.3, 0.4) is 0 Å². The standard InChI is InChI=1S/2C17H14P.2ClH.Fe/c2*1-3-9-15(10-4-1)18(17-13-7-8-14-17)16-11-5-2-6-12-16;;;/h2*1-14H;2*1H;/q2*-1;;;+2/p-2. The Morgan fingerprint density at radius 1 is 0.308 bits per heavy atom. The zero-order chi connectivity index (χ0) is 24.4. The Balaban J connectivity index is 0.000000254. The van der Waals surface area contributed by atoms with Gasteiger partial charge >= 0.3 is 17.1 Å². The van der Waals surface area contributed by atoms with E-state index in [0.717, 1.165) is 0 Å². The minimum atomic E-state index is -0.409. The van der Waals surface area contributed by atoms with E-state index >= 15 is 0 Å². The molecule has 0 heterocycles. The van der Waals surface area contributed by atoms with E-state index in [1.54, 1.807) is 0 Å². The maximum atomic E-state index is 2.23. The third kappa shape index (κ3) is 8.76. The summed E-state index contributed by atoms with van der Waals surface area (Å²) < 4.78 is 0. The first-order valence-corrected chi connectivity index (χ1v) is 14.8. The Labute approximate surface area is 258 Å². The molecule has 39 heavy (non-hydrogen) atoms. The topological polar surface area (TPSA) is 0 Å². The number of hydrogen-bond acceptors (Lipinski definition) is 0. The predicted molar refractivity (Wildman–Crippen MR) is 161 cm³/mol. The first kappa shape index (κ1) is 32.7. The summed E-state index contributed by atoms with van der Waals surface area (Å²) >= 11 is 0. The summed E-state index contributed by atoms with van der Waals surface area (Å²) in [6.45, 7) is 0. The number of hydrogen-bond donors (Lipinski definition) is 0. The van der Waals surface area contributed by atoms with Gasteiger partial charge in [0.2, 0.25) is 0 Å². The van der Waals surface area contributed by atoms with Crippen LogP contribution in [-0.4, -0.2) is 0 Å². The van der Waals surface area contributed by atoms with Crippen molar-refractivity contribution in [1.29, 1.82) is 0 Å². The number of benzene rings is 4. The molecule has 0 fully saturated rings. The third-order valence-corrected chi connectivity index (χ3v) is 10.8. The molecule has 0 radical (unpaired) electrons. The molecule has 0 unspecified atom stereocenters. The van der Waals surface area contributed by atoms with Crippen molar-refractivity contribution in [3.63, 3.8) is 0 Å². The quantitative estimate of drug-likeness (QED) is 0.142. The fourth-order valence-electron chi connectivity index (χ4n) is 4.23. The van der Waals surface area contributed by atoms with Crippen molar-refractivity contribution in [2.45, 2.75) is 0 Å². The van der Waals surface area contributed by atoms with E-state index in [1.165, 1.54) is 31.8 Å². The number of halogens is 2. The monoisotopic (exact) mass is 624 g/mol. The van der Waals surface area contributed by atoms with Crippen LogP contribution in [0, 0.1) is 0 Å². The predicted octanol–water partition coefficient (Wildman–Crippen LogP) is 0.333. The number of rotatable bonds is 6. The summed E-state index contributed by atoms with van der Waals surface area (Å²) in [4.78, 5) is 0. The summed E-state index contributed by atoms with van der Waals surface area (Å²) in [5.74, 6) is 0. The van der Waals surface area contributed by atoms with E-state index in [2.05, 4.69) is 170 Å². The van der Waals surface area contributed by atoms with Crippen LogP contribution in [0.15, 0.2) is 170 Å². The van der Waals surface area contributed by atoms with Crippen LogP contribution < -0.4 is 56.6 Å². The van der Waals surface area contributed by atoms with Crippen molar-refractivity contribution in [3.8, 4) is 0 Å². The molecule has 0 amide bonds. The van der Waals surface area contributed by atoms with Gasteiger partial charge in [-0.15, -0.1) is 10.6 Å². The Bertz CT molecular complexity index is 1220. The fourth-order valence-corrected chi connectivity index (χ4v) is 8.84. The van der Waals surface area contributed by atoms with Crippen LogP contribution >= 0.6 is 15.8 Å². The third-order valence-electron chi connectivity index (χ3n) is 5.86. The molecule has 198 valence electrons. The molecule has 0 bridgehead atoms. The first-order chi connectivity index (χ1) is 17.9. The Kier molecular flexibility index (Phi) is 14.5.